The van der Waals surface area contributed by atoms with Crippen molar-refractivity contribution in [2.45, 2.75) is 19.0 Å². The average molecular weight is 440 g/mol. The van der Waals surface area contributed by atoms with Gasteiger partial charge >= 0.3 is 0 Å². The lowest BCUT2D eigenvalue weighted by molar-refractivity contribution is -0.113. The Morgan fingerprint density at radius 2 is 1.87 bits per heavy atom. The van der Waals surface area contributed by atoms with Crippen molar-refractivity contribution < 1.29 is 14.3 Å². The van der Waals surface area contributed by atoms with Gasteiger partial charge in [0.15, 0.2) is 5.16 Å². The lowest BCUT2D eigenvalue weighted by Gasteiger charge is -2.19. The number of nitrogens with zero attached hydrogens (tertiary/aromatic N) is 4. The number of hydrogen-bond donors (Lipinski definition) is 1. The van der Waals surface area contributed by atoms with Crippen molar-refractivity contribution in [2.75, 3.05) is 31.3 Å². The molecule has 0 saturated heterocycles. The molecule has 8 nitrogen and oxygen atoms in total. The molecule has 0 fully saturated rings. The van der Waals surface area contributed by atoms with Gasteiger partial charge in [-0.25, -0.2) is 0 Å². The molecule has 0 radical (unpaired) electrons. The van der Waals surface area contributed by atoms with Crippen molar-refractivity contribution in [3.8, 4) is 11.4 Å². The smallest absolute Gasteiger partial charge is 0.253 e. The average Bonchev–Trinajstić information content (AvgIpc) is 3.27. The van der Waals surface area contributed by atoms with Crippen LogP contribution in [0.15, 0.2) is 60.0 Å². The highest BCUT2D eigenvalue weighted by Crippen LogP contribution is 2.22. The Balaban J connectivity index is 1.62. The first-order valence-electron chi connectivity index (χ1n) is 9.92. The lowest BCUT2D eigenvalue weighted by Crippen LogP contribution is -2.30. The quantitative estimate of drug-likeness (QED) is 0.514. The zero-order chi connectivity index (χ0) is 22.2. The Kier molecular flexibility index (Phi) is 7.66. The third kappa shape index (κ3) is 5.64. The summed E-state index contributed by atoms with van der Waals surface area (Å²) in [6, 6.07) is 14.5. The van der Waals surface area contributed by atoms with Crippen LogP contribution in [-0.2, 0) is 4.79 Å². The summed E-state index contributed by atoms with van der Waals surface area (Å²) in [7, 11) is 1.61. The normalized spacial score (nSPS) is 10.5. The van der Waals surface area contributed by atoms with Crippen LogP contribution in [0.2, 0.25) is 0 Å². The molecule has 0 aliphatic carbocycles. The van der Waals surface area contributed by atoms with Crippen LogP contribution in [-0.4, -0.2) is 57.4 Å². The number of nitrogens with one attached hydrogen (secondary N) is 1. The summed E-state index contributed by atoms with van der Waals surface area (Å²) < 4.78 is 6.99. The van der Waals surface area contributed by atoms with E-state index < -0.39 is 0 Å². The van der Waals surface area contributed by atoms with Gasteiger partial charge in [0.25, 0.3) is 5.91 Å². The maximum absolute atomic E-state index is 12.5. The first-order valence-corrected chi connectivity index (χ1v) is 10.9. The molecular weight excluding hydrogens is 414 g/mol. The minimum Gasteiger partial charge on any atom is -0.497 e. The fraction of sp³-hybridized carbons (Fsp3) is 0.273. The molecule has 31 heavy (non-hydrogen) atoms. The maximum Gasteiger partial charge on any atom is 0.253 e. The molecule has 2 amide bonds. The standard InChI is InChI=1S/C22H25N5O3S/c1-4-26(5-2)21(29)16-7-6-8-17(13-16)24-20(28)14-31-22-25-23-15-27(22)18-9-11-19(30-3)12-10-18/h6-13,15H,4-5,14H2,1-3H3,(H,24,28). The third-order valence-corrected chi connectivity index (χ3v) is 5.59. The predicted octanol–water partition coefficient (Wildman–Crippen LogP) is 3.49. The van der Waals surface area contributed by atoms with E-state index in [1.165, 1.54) is 11.8 Å². The van der Waals surface area contributed by atoms with E-state index in [1.54, 1.807) is 47.2 Å². The number of thioether (sulfide) groups is 1. The molecule has 3 aromatic rings. The van der Waals surface area contributed by atoms with E-state index in [2.05, 4.69) is 15.5 Å². The summed E-state index contributed by atoms with van der Waals surface area (Å²) in [5.41, 5.74) is 2.00. The molecule has 9 heteroatoms. The summed E-state index contributed by atoms with van der Waals surface area (Å²) in [4.78, 5) is 26.7. The fourth-order valence-electron chi connectivity index (χ4n) is 2.99. The summed E-state index contributed by atoms with van der Waals surface area (Å²) in [6.45, 7) is 5.15. The molecule has 0 aliphatic rings. The van der Waals surface area contributed by atoms with Gasteiger partial charge in [0.05, 0.1) is 12.9 Å². The lowest BCUT2D eigenvalue weighted by atomic mass is 10.1. The van der Waals surface area contributed by atoms with E-state index in [-0.39, 0.29) is 17.6 Å². The molecule has 0 unspecified atom stereocenters. The van der Waals surface area contributed by atoms with Gasteiger partial charge in [-0.2, -0.15) is 0 Å². The number of methoxy groups -OCH3 is 1. The van der Waals surface area contributed by atoms with Crippen molar-refractivity contribution in [1.29, 1.82) is 0 Å². The highest BCUT2D eigenvalue weighted by Gasteiger charge is 2.14. The van der Waals surface area contributed by atoms with Crippen LogP contribution in [0.3, 0.4) is 0 Å². The van der Waals surface area contributed by atoms with Gasteiger partial charge in [-0.15, -0.1) is 10.2 Å². The number of benzene rings is 2. The first kappa shape index (κ1) is 22.4. The molecule has 0 spiro atoms. The first-order chi connectivity index (χ1) is 15.0. The van der Waals surface area contributed by atoms with Crippen LogP contribution in [0.1, 0.15) is 24.2 Å². The maximum atomic E-state index is 12.5. The van der Waals surface area contributed by atoms with Crippen LogP contribution >= 0.6 is 11.8 Å². The number of ether oxygens (including phenoxy) is 1. The fourth-order valence-corrected chi connectivity index (χ4v) is 3.72. The molecule has 0 saturated carbocycles. The number of anilines is 1. The number of hydrogen-bond acceptors (Lipinski definition) is 6. The highest BCUT2D eigenvalue weighted by molar-refractivity contribution is 7.99. The number of rotatable bonds is 9. The second-order valence-corrected chi connectivity index (χ2v) is 7.52. The summed E-state index contributed by atoms with van der Waals surface area (Å²) in [6.07, 6.45) is 1.60. The Morgan fingerprint density at radius 3 is 2.55 bits per heavy atom. The van der Waals surface area contributed by atoms with E-state index in [1.807, 2.05) is 38.1 Å². The van der Waals surface area contributed by atoms with Gasteiger partial charge in [-0.05, 0) is 56.3 Å². The molecule has 1 heterocycles. The number of carbonyl (C=O) groups excluding carboxylic acids is 2. The van der Waals surface area contributed by atoms with Gasteiger partial charge < -0.3 is 15.0 Å². The van der Waals surface area contributed by atoms with Crippen molar-refractivity contribution >= 4 is 29.3 Å². The molecule has 0 aliphatic heterocycles. The van der Waals surface area contributed by atoms with E-state index in [0.717, 1.165) is 11.4 Å². The molecule has 0 bridgehead atoms. The van der Waals surface area contributed by atoms with Gasteiger partial charge in [0.2, 0.25) is 5.91 Å². The largest absolute Gasteiger partial charge is 0.497 e. The zero-order valence-electron chi connectivity index (χ0n) is 17.7. The molecular formula is C22H25N5O3S. The van der Waals surface area contributed by atoms with Crippen LogP contribution in [0.4, 0.5) is 5.69 Å². The summed E-state index contributed by atoms with van der Waals surface area (Å²) in [5, 5.41) is 11.5. The number of amides is 2. The predicted molar refractivity (Wildman–Crippen MR) is 121 cm³/mol. The van der Waals surface area contributed by atoms with Gasteiger partial charge in [0, 0.05) is 30.0 Å². The van der Waals surface area contributed by atoms with Gasteiger partial charge in [-0.3, -0.25) is 14.2 Å². The van der Waals surface area contributed by atoms with Crippen LogP contribution < -0.4 is 10.1 Å². The second-order valence-electron chi connectivity index (χ2n) is 6.58. The second kappa shape index (κ2) is 10.6. The van der Waals surface area contributed by atoms with Crippen LogP contribution in [0, 0.1) is 0 Å². The third-order valence-electron chi connectivity index (χ3n) is 4.64. The molecule has 3 rings (SSSR count). The van der Waals surface area contributed by atoms with Crippen LogP contribution in [0.5, 0.6) is 5.75 Å². The van der Waals surface area contributed by atoms with Gasteiger partial charge in [0.1, 0.15) is 12.1 Å². The molecule has 0 atom stereocenters. The Hall–Kier alpha value is -3.33. The van der Waals surface area contributed by atoms with Crippen molar-refractivity contribution in [1.82, 2.24) is 19.7 Å². The van der Waals surface area contributed by atoms with Crippen LogP contribution in [0.25, 0.3) is 5.69 Å². The summed E-state index contributed by atoms with van der Waals surface area (Å²) in [5.74, 6) is 0.667. The van der Waals surface area contributed by atoms with E-state index in [4.69, 9.17) is 4.74 Å². The van der Waals surface area contributed by atoms with E-state index in [0.29, 0.717) is 29.5 Å². The highest BCUT2D eigenvalue weighted by atomic mass is 32.2. The van der Waals surface area contributed by atoms with Gasteiger partial charge in [-0.1, -0.05) is 17.8 Å². The molecule has 162 valence electrons. The van der Waals surface area contributed by atoms with Crippen molar-refractivity contribution in [3.05, 3.63) is 60.4 Å². The molecule has 2 aromatic carbocycles. The van der Waals surface area contributed by atoms with E-state index >= 15 is 0 Å². The molecule has 1 N–H and O–H groups in total. The topological polar surface area (TPSA) is 89.4 Å². The number of aromatic nitrogens is 3. The Labute approximate surface area is 185 Å². The summed E-state index contributed by atoms with van der Waals surface area (Å²) >= 11 is 1.28. The SMILES string of the molecule is CCN(CC)C(=O)c1cccc(NC(=O)CSc2nncn2-c2ccc(OC)cc2)c1. The monoisotopic (exact) mass is 439 g/mol. The zero-order valence-corrected chi connectivity index (χ0v) is 18.6. The van der Waals surface area contributed by atoms with E-state index in [9.17, 15) is 9.59 Å². The van der Waals surface area contributed by atoms with Crippen molar-refractivity contribution in [2.24, 2.45) is 0 Å². The minimum atomic E-state index is -0.193. The number of carbonyl (C=O) groups is 2. The Morgan fingerprint density at radius 1 is 1.13 bits per heavy atom. The minimum absolute atomic E-state index is 0.0527. The Bertz CT molecular complexity index is 1030. The van der Waals surface area contributed by atoms with Crippen molar-refractivity contribution in [3.63, 3.8) is 0 Å². The molecule has 1 aromatic heterocycles.